The lowest BCUT2D eigenvalue weighted by Crippen LogP contribution is -2.28. The zero-order chi connectivity index (χ0) is 7.11. The number of aliphatic hydroxyl groups is 1. The molecule has 56 valence electrons. The Bertz CT molecular complexity index is 59.0. The molecule has 1 atom stereocenters. The van der Waals surface area contributed by atoms with Gasteiger partial charge in [0.2, 0.25) is 0 Å². The average Bonchev–Trinajstić information content (AvgIpc) is 1.85. The molecule has 0 aromatic heterocycles. The normalized spacial score (nSPS) is 13.7. The molecule has 0 unspecified atom stereocenters. The topological polar surface area (TPSA) is 41.5 Å². The van der Waals surface area contributed by atoms with Crippen molar-refractivity contribution >= 4 is 0 Å². The lowest BCUT2D eigenvalue weighted by Gasteiger charge is -2.09. The van der Waals surface area contributed by atoms with Crippen LogP contribution in [-0.4, -0.2) is 31.1 Å². The van der Waals surface area contributed by atoms with Crippen molar-refractivity contribution in [1.29, 1.82) is 0 Å². The van der Waals surface area contributed by atoms with E-state index < -0.39 is 6.29 Å². The summed E-state index contributed by atoms with van der Waals surface area (Å²) in [6, 6.07) is 0. The van der Waals surface area contributed by atoms with Crippen LogP contribution < -0.4 is 5.32 Å². The van der Waals surface area contributed by atoms with Crippen LogP contribution >= 0.6 is 0 Å². The van der Waals surface area contributed by atoms with E-state index in [1.807, 2.05) is 13.8 Å². The summed E-state index contributed by atoms with van der Waals surface area (Å²) >= 11 is 0. The van der Waals surface area contributed by atoms with Crippen molar-refractivity contribution < 1.29 is 9.84 Å². The highest BCUT2D eigenvalue weighted by Gasteiger charge is 1.98. The first kappa shape index (κ1) is 8.88. The Labute approximate surface area is 56.0 Å². The molecule has 0 aliphatic carbocycles. The second kappa shape index (κ2) is 6.01. The summed E-state index contributed by atoms with van der Waals surface area (Å²) < 4.78 is 4.84. The van der Waals surface area contributed by atoms with Gasteiger partial charge in [-0.3, -0.25) is 0 Å². The van der Waals surface area contributed by atoms with E-state index in [4.69, 9.17) is 9.84 Å². The smallest absolute Gasteiger partial charge is 0.167 e. The van der Waals surface area contributed by atoms with Crippen molar-refractivity contribution in [3.05, 3.63) is 0 Å². The van der Waals surface area contributed by atoms with Gasteiger partial charge < -0.3 is 15.2 Å². The highest BCUT2D eigenvalue weighted by Crippen LogP contribution is 1.81. The number of ether oxygens (including phenoxy) is 1. The van der Waals surface area contributed by atoms with E-state index in [0.717, 1.165) is 6.54 Å². The molecule has 0 aromatic carbocycles. The summed E-state index contributed by atoms with van der Waals surface area (Å²) in [5.74, 6) is 0. The standard InChI is InChI=1S/C6H15NO2/c1-3-7-5-6(8)9-4-2/h6-8H,3-5H2,1-2H3/t6-/m1/s1. The summed E-state index contributed by atoms with van der Waals surface area (Å²) in [6.07, 6.45) is -0.644. The fourth-order valence-corrected chi connectivity index (χ4v) is 0.519. The molecular formula is C6H15NO2. The lowest BCUT2D eigenvalue weighted by atomic mass is 10.6. The molecule has 0 rings (SSSR count). The number of nitrogens with one attached hydrogen (secondary N) is 1. The van der Waals surface area contributed by atoms with E-state index in [0.29, 0.717) is 13.2 Å². The van der Waals surface area contributed by atoms with Gasteiger partial charge in [0.1, 0.15) is 0 Å². The predicted octanol–water partition coefficient (Wildman–Crippen LogP) is -0.0492. The Morgan fingerprint density at radius 2 is 2.22 bits per heavy atom. The van der Waals surface area contributed by atoms with E-state index in [9.17, 15) is 0 Å². The zero-order valence-electron chi connectivity index (χ0n) is 6.05. The Hall–Kier alpha value is -0.120. The fourth-order valence-electron chi connectivity index (χ4n) is 0.519. The number of likely N-dealkylation sites (N-methyl/N-ethyl adjacent to an activating group) is 1. The van der Waals surface area contributed by atoms with Crippen LogP contribution in [-0.2, 0) is 4.74 Å². The SMILES string of the molecule is CCNC[C@H](O)OCC. The highest BCUT2D eigenvalue weighted by atomic mass is 16.6. The van der Waals surface area contributed by atoms with Crippen molar-refractivity contribution in [2.75, 3.05) is 19.7 Å². The summed E-state index contributed by atoms with van der Waals surface area (Å²) in [5.41, 5.74) is 0. The van der Waals surface area contributed by atoms with Gasteiger partial charge in [-0.1, -0.05) is 6.92 Å². The molecule has 0 bridgehead atoms. The van der Waals surface area contributed by atoms with Crippen molar-refractivity contribution in [3.63, 3.8) is 0 Å². The largest absolute Gasteiger partial charge is 0.367 e. The molecule has 0 aromatic rings. The van der Waals surface area contributed by atoms with Gasteiger partial charge in [0.25, 0.3) is 0 Å². The van der Waals surface area contributed by atoms with Gasteiger partial charge >= 0.3 is 0 Å². The Kier molecular flexibility index (Phi) is 5.93. The third-order valence-corrected chi connectivity index (χ3v) is 0.928. The third-order valence-electron chi connectivity index (χ3n) is 0.928. The number of hydrogen-bond donors (Lipinski definition) is 2. The molecular weight excluding hydrogens is 118 g/mol. The van der Waals surface area contributed by atoms with E-state index >= 15 is 0 Å². The Balaban J connectivity index is 2.95. The maximum atomic E-state index is 8.90. The van der Waals surface area contributed by atoms with Crippen LogP contribution in [0.1, 0.15) is 13.8 Å². The second-order valence-corrected chi connectivity index (χ2v) is 1.72. The quantitative estimate of drug-likeness (QED) is 0.517. The van der Waals surface area contributed by atoms with Crippen LogP contribution in [0.15, 0.2) is 0 Å². The van der Waals surface area contributed by atoms with Gasteiger partial charge in [0, 0.05) is 13.2 Å². The molecule has 9 heavy (non-hydrogen) atoms. The van der Waals surface area contributed by atoms with Crippen molar-refractivity contribution in [2.24, 2.45) is 0 Å². The maximum absolute atomic E-state index is 8.90. The van der Waals surface area contributed by atoms with Crippen LogP contribution in [0.3, 0.4) is 0 Å². The van der Waals surface area contributed by atoms with Gasteiger partial charge in [0.05, 0.1) is 0 Å². The minimum absolute atomic E-state index is 0.518. The fraction of sp³-hybridized carbons (Fsp3) is 1.00. The van der Waals surface area contributed by atoms with Gasteiger partial charge in [0.15, 0.2) is 6.29 Å². The third kappa shape index (κ3) is 5.76. The molecule has 0 heterocycles. The average molecular weight is 133 g/mol. The summed E-state index contributed by atoms with van der Waals surface area (Å²) in [6.45, 7) is 5.79. The Morgan fingerprint density at radius 3 is 2.67 bits per heavy atom. The summed E-state index contributed by atoms with van der Waals surface area (Å²) in [4.78, 5) is 0. The first-order valence-corrected chi connectivity index (χ1v) is 3.31. The van der Waals surface area contributed by atoms with Crippen LogP contribution in [0.4, 0.5) is 0 Å². The van der Waals surface area contributed by atoms with Gasteiger partial charge in [-0.2, -0.15) is 0 Å². The van der Waals surface area contributed by atoms with E-state index in [2.05, 4.69) is 5.32 Å². The summed E-state index contributed by atoms with van der Waals surface area (Å²) in [5, 5.41) is 11.9. The number of rotatable bonds is 5. The van der Waals surface area contributed by atoms with Crippen LogP contribution in [0.5, 0.6) is 0 Å². The molecule has 0 fully saturated rings. The second-order valence-electron chi connectivity index (χ2n) is 1.72. The monoisotopic (exact) mass is 133 g/mol. The van der Waals surface area contributed by atoms with Crippen LogP contribution in [0, 0.1) is 0 Å². The molecule has 0 radical (unpaired) electrons. The van der Waals surface area contributed by atoms with Crippen molar-refractivity contribution in [3.8, 4) is 0 Å². The molecule has 0 spiro atoms. The van der Waals surface area contributed by atoms with E-state index in [1.165, 1.54) is 0 Å². The molecule has 2 N–H and O–H groups in total. The van der Waals surface area contributed by atoms with E-state index in [1.54, 1.807) is 0 Å². The maximum Gasteiger partial charge on any atom is 0.167 e. The van der Waals surface area contributed by atoms with Gasteiger partial charge in [-0.15, -0.1) is 0 Å². The van der Waals surface area contributed by atoms with Gasteiger partial charge in [-0.05, 0) is 13.5 Å². The summed E-state index contributed by atoms with van der Waals surface area (Å²) in [7, 11) is 0. The van der Waals surface area contributed by atoms with Crippen LogP contribution in [0.25, 0.3) is 0 Å². The molecule has 3 nitrogen and oxygen atoms in total. The molecule has 3 heteroatoms. The Morgan fingerprint density at radius 1 is 1.56 bits per heavy atom. The number of aliphatic hydroxyl groups excluding tert-OH is 1. The van der Waals surface area contributed by atoms with Crippen LogP contribution in [0.2, 0.25) is 0 Å². The predicted molar refractivity (Wildman–Crippen MR) is 36.2 cm³/mol. The zero-order valence-corrected chi connectivity index (χ0v) is 6.05. The lowest BCUT2D eigenvalue weighted by molar-refractivity contribution is -0.0910. The molecule has 0 aliphatic heterocycles. The minimum atomic E-state index is -0.644. The van der Waals surface area contributed by atoms with Crippen molar-refractivity contribution in [1.82, 2.24) is 5.32 Å². The minimum Gasteiger partial charge on any atom is -0.367 e. The van der Waals surface area contributed by atoms with Crippen molar-refractivity contribution in [2.45, 2.75) is 20.1 Å². The molecule has 0 aliphatic rings. The molecule has 0 saturated carbocycles. The van der Waals surface area contributed by atoms with E-state index in [-0.39, 0.29) is 0 Å². The highest BCUT2D eigenvalue weighted by molar-refractivity contribution is 4.44. The molecule has 0 amide bonds. The first-order valence-electron chi connectivity index (χ1n) is 3.31. The molecule has 0 saturated heterocycles. The first-order chi connectivity index (χ1) is 4.31. The van der Waals surface area contributed by atoms with Gasteiger partial charge in [-0.25, -0.2) is 0 Å². The number of hydrogen-bond acceptors (Lipinski definition) is 3.